The molecule has 7 nitrogen and oxygen atoms in total. The van der Waals surface area contributed by atoms with Gasteiger partial charge < -0.3 is 10.2 Å². The van der Waals surface area contributed by atoms with Crippen LogP contribution in [0.3, 0.4) is 0 Å². The molecule has 0 radical (unpaired) electrons. The number of fused-ring (bicyclic) bond motifs is 1. The number of aryl methyl sites for hydroxylation is 3. The molecule has 7 heteroatoms. The lowest BCUT2D eigenvalue weighted by Gasteiger charge is -2.18. The second-order valence-electron chi connectivity index (χ2n) is 8.95. The summed E-state index contributed by atoms with van der Waals surface area (Å²) < 4.78 is 0. The molecule has 178 valence electrons. The summed E-state index contributed by atoms with van der Waals surface area (Å²) in [6.07, 6.45) is 0. The summed E-state index contributed by atoms with van der Waals surface area (Å²) in [7, 11) is 1.52. The molecule has 0 bridgehead atoms. The number of carbonyl (C=O) groups is 4. The van der Waals surface area contributed by atoms with Crippen LogP contribution >= 0.6 is 0 Å². The molecule has 1 aliphatic rings. The fourth-order valence-electron chi connectivity index (χ4n) is 4.14. The summed E-state index contributed by atoms with van der Waals surface area (Å²) in [6.45, 7) is 7.45. The quantitative estimate of drug-likeness (QED) is 0.560. The topological polar surface area (TPSA) is 86.8 Å². The van der Waals surface area contributed by atoms with E-state index < -0.39 is 17.7 Å². The lowest BCUT2D eigenvalue weighted by Crippen LogP contribution is -2.35. The highest BCUT2D eigenvalue weighted by Gasteiger charge is 2.38. The number of nitrogens with one attached hydrogen (secondary N) is 1. The Morgan fingerprint density at radius 3 is 2.31 bits per heavy atom. The number of carbonyl (C=O) groups excluding carboxylic acids is 4. The van der Waals surface area contributed by atoms with Crippen LogP contribution in [0.4, 0.5) is 11.4 Å². The van der Waals surface area contributed by atoms with Crippen molar-refractivity contribution < 1.29 is 19.2 Å². The highest BCUT2D eigenvalue weighted by molar-refractivity contribution is 6.35. The number of benzene rings is 3. The molecule has 3 aromatic rings. The average Bonchev–Trinajstić information content (AvgIpc) is 3.07. The first-order valence-electron chi connectivity index (χ1n) is 11.3. The maximum atomic E-state index is 13.2. The third-order valence-corrected chi connectivity index (χ3v) is 6.35. The van der Waals surface area contributed by atoms with Gasteiger partial charge in [0.1, 0.15) is 0 Å². The summed E-state index contributed by atoms with van der Waals surface area (Å²) in [5.74, 6) is -1.64. The highest BCUT2D eigenvalue weighted by Crippen LogP contribution is 2.32. The summed E-state index contributed by atoms with van der Waals surface area (Å²) in [4.78, 5) is 54.2. The van der Waals surface area contributed by atoms with Crippen LogP contribution in [0.2, 0.25) is 0 Å². The number of hydrogen-bond acceptors (Lipinski definition) is 4. The number of likely N-dealkylation sites (N-methyl/N-ethyl adjacent to an activating group) is 1. The first kappa shape index (κ1) is 23.9. The van der Waals surface area contributed by atoms with E-state index in [1.165, 1.54) is 30.1 Å². The van der Waals surface area contributed by atoms with Crippen LogP contribution in [-0.2, 0) is 4.79 Å². The van der Waals surface area contributed by atoms with Gasteiger partial charge in [-0.2, -0.15) is 0 Å². The third-order valence-electron chi connectivity index (χ3n) is 6.35. The number of anilines is 2. The van der Waals surface area contributed by atoms with Crippen molar-refractivity contribution in [3.05, 3.63) is 93.5 Å². The van der Waals surface area contributed by atoms with E-state index in [0.29, 0.717) is 11.4 Å². The first-order valence-corrected chi connectivity index (χ1v) is 11.3. The van der Waals surface area contributed by atoms with Gasteiger partial charge in [0.25, 0.3) is 17.7 Å². The fourth-order valence-corrected chi connectivity index (χ4v) is 4.14. The Morgan fingerprint density at radius 2 is 1.57 bits per heavy atom. The lowest BCUT2D eigenvalue weighted by molar-refractivity contribution is -0.116. The van der Waals surface area contributed by atoms with Crippen LogP contribution in [0.5, 0.6) is 0 Å². The van der Waals surface area contributed by atoms with Crippen molar-refractivity contribution in [3.8, 4) is 0 Å². The molecule has 1 aliphatic heterocycles. The smallest absolute Gasteiger partial charge is 0.266 e. The van der Waals surface area contributed by atoms with Crippen LogP contribution in [-0.4, -0.2) is 42.1 Å². The number of rotatable bonds is 5. The van der Waals surface area contributed by atoms with Crippen molar-refractivity contribution in [2.45, 2.75) is 27.7 Å². The Bertz CT molecular complexity index is 1390. The van der Waals surface area contributed by atoms with Crippen LogP contribution < -0.4 is 10.2 Å². The van der Waals surface area contributed by atoms with Crippen LogP contribution in [0.1, 0.15) is 53.3 Å². The van der Waals surface area contributed by atoms with Crippen molar-refractivity contribution in [1.82, 2.24) is 4.90 Å². The minimum atomic E-state index is -0.469. The van der Waals surface area contributed by atoms with Crippen molar-refractivity contribution in [2.75, 3.05) is 23.8 Å². The number of imide groups is 1. The second kappa shape index (κ2) is 9.18. The van der Waals surface area contributed by atoms with E-state index in [9.17, 15) is 19.2 Å². The van der Waals surface area contributed by atoms with Crippen LogP contribution in [0, 0.1) is 27.7 Å². The minimum absolute atomic E-state index is 0.162. The molecule has 0 fully saturated rings. The maximum Gasteiger partial charge on any atom is 0.266 e. The zero-order valence-electron chi connectivity index (χ0n) is 20.4. The van der Waals surface area contributed by atoms with Crippen molar-refractivity contribution in [2.24, 2.45) is 0 Å². The summed E-state index contributed by atoms with van der Waals surface area (Å²) in [6, 6.07) is 15.6. The number of amides is 4. The highest BCUT2D eigenvalue weighted by atomic mass is 16.2. The zero-order valence-corrected chi connectivity index (χ0v) is 20.4. The molecule has 0 aliphatic carbocycles. The van der Waals surface area contributed by atoms with Crippen LogP contribution in [0.25, 0.3) is 0 Å². The molecule has 0 atom stereocenters. The number of nitrogens with zero attached hydrogens (tertiary/aromatic N) is 2. The standard InChI is InChI=1S/C28H27N3O4/c1-16-9-10-18(3)24(13-16)31-27(34)21-12-11-20(14-22(21)28(31)35)26(33)30(5)15-25(32)29-23-8-6-7-17(2)19(23)4/h6-14H,15H2,1-5H3,(H,29,32). The molecule has 0 saturated carbocycles. The van der Waals surface area contributed by atoms with Crippen molar-refractivity contribution in [3.63, 3.8) is 0 Å². The molecule has 3 aromatic carbocycles. The van der Waals surface area contributed by atoms with Gasteiger partial charge in [0.15, 0.2) is 0 Å². The molecular weight excluding hydrogens is 442 g/mol. The average molecular weight is 470 g/mol. The summed E-state index contributed by atoms with van der Waals surface area (Å²) in [5, 5.41) is 2.84. The van der Waals surface area contributed by atoms with Crippen LogP contribution in [0.15, 0.2) is 54.6 Å². The molecule has 0 aromatic heterocycles. The predicted octanol–water partition coefficient (Wildman–Crippen LogP) is 4.43. The molecule has 1 heterocycles. The zero-order chi connectivity index (χ0) is 25.4. The SMILES string of the molecule is Cc1ccc(C)c(N2C(=O)c3ccc(C(=O)N(C)CC(=O)Nc4cccc(C)c4C)cc3C2=O)c1. The molecule has 35 heavy (non-hydrogen) atoms. The van der Waals surface area contributed by atoms with Gasteiger partial charge in [-0.05, 0) is 80.3 Å². The van der Waals surface area contributed by atoms with E-state index >= 15 is 0 Å². The molecule has 0 unspecified atom stereocenters. The van der Waals surface area contributed by atoms with E-state index in [0.717, 1.165) is 27.2 Å². The Kier molecular flexibility index (Phi) is 6.26. The Balaban J connectivity index is 1.52. The van der Waals surface area contributed by atoms with Gasteiger partial charge in [0.05, 0.1) is 23.4 Å². The van der Waals surface area contributed by atoms with E-state index in [-0.39, 0.29) is 29.1 Å². The van der Waals surface area contributed by atoms with Gasteiger partial charge in [-0.3, -0.25) is 19.2 Å². The largest absolute Gasteiger partial charge is 0.332 e. The monoisotopic (exact) mass is 469 g/mol. The normalized spacial score (nSPS) is 12.5. The van der Waals surface area contributed by atoms with E-state index in [4.69, 9.17) is 0 Å². The molecule has 4 rings (SSSR count). The molecule has 1 N–H and O–H groups in total. The summed E-state index contributed by atoms with van der Waals surface area (Å²) in [5.41, 5.74) is 5.64. The molecule has 0 saturated heterocycles. The fraction of sp³-hybridized carbons (Fsp3) is 0.214. The first-order chi connectivity index (χ1) is 16.6. The van der Waals surface area contributed by atoms with Gasteiger partial charge in [-0.1, -0.05) is 24.3 Å². The van der Waals surface area contributed by atoms with Crippen molar-refractivity contribution >= 4 is 35.0 Å². The maximum absolute atomic E-state index is 13.2. The van der Waals surface area contributed by atoms with Gasteiger partial charge in [0, 0.05) is 18.3 Å². The second-order valence-corrected chi connectivity index (χ2v) is 8.95. The van der Waals surface area contributed by atoms with Gasteiger partial charge >= 0.3 is 0 Å². The Hall–Kier alpha value is -4.26. The third kappa shape index (κ3) is 4.45. The Labute approximate surface area is 204 Å². The minimum Gasteiger partial charge on any atom is -0.332 e. The van der Waals surface area contributed by atoms with Gasteiger partial charge in [0.2, 0.25) is 5.91 Å². The summed E-state index contributed by atoms with van der Waals surface area (Å²) >= 11 is 0. The van der Waals surface area contributed by atoms with Gasteiger partial charge in [-0.15, -0.1) is 0 Å². The van der Waals surface area contributed by atoms with Crippen molar-refractivity contribution in [1.29, 1.82) is 0 Å². The number of hydrogen-bond donors (Lipinski definition) is 1. The lowest BCUT2D eigenvalue weighted by atomic mass is 10.0. The van der Waals surface area contributed by atoms with E-state index in [1.54, 1.807) is 6.07 Å². The van der Waals surface area contributed by atoms with E-state index in [1.807, 2.05) is 58.0 Å². The predicted molar refractivity (Wildman–Crippen MR) is 135 cm³/mol. The Morgan fingerprint density at radius 1 is 0.857 bits per heavy atom. The molecular formula is C28H27N3O4. The molecule has 4 amide bonds. The van der Waals surface area contributed by atoms with Gasteiger partial charge in [-0.25, -0.2) is 4.90 Å². The molecule has 0 spiro atoms. The van der Waals surface area contributed by atoms with E-state index in [2.05, 4.69) is 5.32 Å².